The molecule has 0 spiro atoms. The summed E-state index contributed by atoms with van der Waals surface area (Å²) in [6.07, 6.45) is 20.8. The summed E-state index contributed by atoms with van der Waals surface area (Å²) in [7, 11) is 0. The van der Waals surface area contributed by atoms with Gasteiger partial charge in [0.05, 0.1) is 24.4 Å². The minimum atomic E-state index is -0.606. The van der Waals surface area contributed by atoms with E-state index in [2.05, 4.69) is 27.0 Å². The Morgan fingerprint density at radius 1 is 0.700 bits per heavy atom. The van der Waals surface area contributed by atoms with Gasteiger partial charge >= 0.3 is 11.9 Å². The normalized spacial score (nSPS) is 23.4. The van der Waals surface area contributed by atoms with Crippen LogP contribution in [0.15, 0.2) is 24.3 Å². The number of esters is 2. The van der Waals surface area contributed by atoms with Crippen LogP contribution in [0.3, 0.4) is 0 Å². The number of hydrogen-bond acceptors (Lipinski definition) is 6. The standard InChI is InChI=1S/C34H58O6/c1-5-7-9-10-11-12-28-13-15-29(16-14-28)30-17-19-31(20-18-30)34(21-8-6-2,24-39-32(37)26(3)22-35)25-40-33(38)27(4)23-36/h28-31,35-36H,3-25H2,1-2H3. The average Bonchev–Trinajstić information content (AvgIpc) is 3.00. The first kappa shape index (κ1) is 34.5. The van der Waals surface area contributed by atoms with Crippen molar-refractivity contribution in [3.05, 3.63) is 24.3 Å². The summed E-state index contributed by atoms with van der Waals surface area (Å²) in [6, 6.07) is 0. The van der Waals surface area contributed by atoms with Crippen LogP contribution in [0.5, 0.6) is 0 Å². The Bertz CT molecular complexity index is 741. The molecule has 40 heavy (non-hydrogen) atoms. The van der Waals surface area contributed by atoms with Gasteiger partial charge in [-0.2, -0.15) is 0 Å². The predicted molar refractivity (Wildman–Crippen MR) is 161 cm³/mol. The van der Waals surface area contributed by atoms with Gasteiger partial charge < -0.3 is 19.7 Å². The van der Waals surface area contributed by atoms with Gasteiger partial charge in [0.2, 0.25) is 0 Å². The van der Waals surface area contributed by atoms with Gasteiger partial charge in [0.15, 0.2) is 0 Å². The van der Waals surface area contributed by atoms with Gasteiger partial charge in [-0.3, -0.25) is 0 Å². The zero-order valence-corrected chi connectivity index (χ0v) is 25.6. The third-order valence-corrected chi connectivity index (χ3v) is 9.88. The number of aliphatic hydroxyl groups is 2. The number of rotatable bonds is 19. The zero-order chi connectivity index (χ0) is 29.4. The van der Waals surface area contributed by atoms with Gasteiger partial charge in [-0.05, 0) is 68.6 Å². The molecule has 0 atom stereocenters. The van der Waals surface area contributed by atoms with Crippen molar-refractivity contribution in [1.29, 1.82) is 0 Å². The van der Waals surface area contributed by atoms with Crippen LogP contribution in [0.1, 0.15) is 123 Å². The quantitative estimate of drug-likeness (QED) is 0.0973. The Hall–Kier alpha value is -1.66. The molecule has 2 saturated carbocycles. The van der Waals surface area contributed by atoms with Crippen LogP contribution in [0, 0.1) is 29.1 Å². The van der Waals surface area contributed by atoms with Gasteiger partial charge in [0.1, 0.15) is 13.2 Å². The minimum absolute atomic E-state index is 0.0234. The Kier molecular flexibility index (Phi) is 16.2. The molecule has 2 fully saturated rings. The number of carbonyl (C=O) groups excluding carboxylic acids is 2. The van der Waals surface area contributed by atoms with Crippen molar-refractivity contribution in [3.63, 3.8) is 0 Å². The van der Waals surface area contributed by atoms with Gasteiger partial charge in [-0.25, -0.2) is 9.59 Å². The van der Waals surface area contributed by atoms with Gasteiger partial charge in [0, 0.05) is 5.41 Å². The molecule has 230 valence electrons. The lowest BCUT2D eigenvalue weighted by molar-refractivity contribution is -0.155. The second-order valence-electron chi connectivity index (χ2n) is 12.7. The van der Waals surface area contributed by atoms with Crippen LogP contribution in [0.25, 0.3) is 0 Å². The number of ether oxygens (including phenoxy) is 2. The molecule has 6 nitrogen and oxygen atoms in total. The van der Waals surface area contributed by atoms with Gasteiger partial charge in [-0.15, -0.1) is 0 Å². The van der Waals surface area contributed by atoms with Crippen molar-refractivity contribution < 1.29 is 29.3 Å². The van der Waals surface area contributed by atoms with E-state index < -0.39 is 30.6 Å². The Labute approximate surface area is 244 Å². The van der Waals surface area contributed by atoms with E-state index in [-0.39, 0.29) is 30.3 Å². The Morgan fingerprint density at radius 3 is 1.65 bits per heavy atom. The summed E-state index contributed by atoms with van der Waals surface area (Å²) in [6.45, 7) is 11.0. The number of carbonyl (C=O) groups is 2. The molecule has 6 heteroatoms. The largest absolute Gasteiger partial charge is 0.462 e. The molecule has 0 aliphatic heterocycles. The highest BCUT2D eigenvalue weighted by atomic mass is 16.5. The second-order valence-corrected chi connectivity index (χ2v) is 12.7. The average molecular weight is 563 g/mol. The van der Waals surface area contributed by atoms with Crippen LogP contribution < -0.4 is 0 Å². The monoisotopic (exact) mass is 562 g/mol. The van der Waals surface area contributed by atoms with Crippen molar-refractivity contribution in [2.24, 2.45) is 29.1 Å². The molecule has 0 radical (unpaired) electrons. The molecule has 0 unspecified atom stereocenters. The summed E-state index contributed by atoms with van der Waals surface area (Å²) in [4.78, 5) is 24.9. The molecule has 0 aromatic carbocycles. The molecule has 2 aliphatic carbocycles. The van der Waals surface area contributed by atoms with Crippen LogP contribution in [0.2, 0.25) is 0 Å². The highest BCUT2D eigenvalue weighted by Crippen LogP contribution is 2.48. The molecule has 2 aliphatic rings. The first-order valence-electron chi connectivity index (χ1n) is 16.2. The summed E-state index contributed by atoms with van der Waals surface area (Å²) in [5.74, 6) is 1.54. The zero-order valence-electron chi connectivity index (χ0n) is 25.6. The van der Waals surface area contributed by atoms with E-state index in [0.29, 0.717) is 0 Å². The maximum atomic E-state index is 12.4. The fourth-order valence-electron chi connectivity index (χ4n) is 7.09. The number of unbranched alkanes of at least 4 members (excludes halogenated alkanes) is 5. The van der Waals surface area contributed by atoms with E-state index in [0.717, 1.165) is 49.9 Å². The molecular weight excluding hydrogens is 504 g/mol. The van der Waals surface area contributed by atoms with E-state index in [1.54, 1.807) is 0 Å². The van der Waals surface area contributed by atoms with E-state index in [9.17, 15) is 19.8 Å². The molecule has 0 bridgehead atoms. The van der Waals surface area contributed by atoms with Crippen molar-refractivity contribution >= 4 is 11.9 Å². The van der Waals surface area contributed by atoms with Gasteiger partial charge in [-0.1, -0.05) is 91.2 Å². The minimum Gasteiger partial charge on any atom is -0.462 e. The molecule has 0 amide bonds. The number of hydrogen-bond donors (Lipinski definition) is 2. The summed E-state index contributed by atoms with van der Waals surface area (Å²) in [5, 5.41) is 18.7. The Morgan fingerprint density at radius 2 is 1.18 bits per heavy atom. The lowest BCUT2D eigenvalue weighted by Gasteiger charge is -2.45. The maximum Gasteiger partial charge on any atom is 0.335 e. The summed E-state index contributed by atoms with van der Waals surface area (Å²) >= 11 is 0. The highest BCUT2D eigenvalue weighted by molar-refractivity contribution is 5.88. The summed E-state index contributed by atoms with van der Waals surface area (Å²) < 4.78 is 11.4. The first-order valence-corrected chi connectivity index (χ1v) is 16.2. The maximum absolute atomic E-state index is 12.4. The Balaban J connectivity index is 2.00. The van der Waals surface area contributed by atoms with Crippen molar-refractivity contribution in [2.45, 2.75) is 123 Å². The van der Waals surface area contributed by atoms with E-state index in [1.807, 2.05) is 0 Å². The van der Waals surface area contributed by atoms with E-state index in [4.69, 9.17) is 9.47 Å². The molecule has 2 rings (SSSR count). The van der Waals surface area contributed by atoms with Crippen LogP contribution in [-0.2, 0) is 19.1 Å². The van der Waals surface area contributed by atoms with Crippen molar-refractivity contribution in [2.75, 3.05) is 26.4 Å². The second kappa shape index (κ2) is 18.7. The van der Waals surface area contributed by atoms with Crippen molar-refractivity contribution in [3.8, 4) is 0 Å². The fourth-order valence-corrected chi connectivity index (χ4v) is 7.09. The van der Waals surface area contributed by atoms with Crippen LogP contribution in [0.4, 0.5) is 0 Å². The lowest BCUT2D eigenvalue weighted by Crippen LogP contribution is -2.43. The van der Waals surface area contributed by atoms with Crippen LogP contribution in [-0.4, -0.2) is 48.6 Å². The molecule has 2 N–H and O–H groups in total. The van der Waals surface area contributed by atoms with Crippen LogP contribution >= 0.6 is 0 Å². The first-order chi connectivity index (χ1) is 19.3. The molecular formula is C34H58O6. The third-order valence-electron chi connectivity index (χ3n) is 9.88. The molecule has 0 heterocycles. The summed E-state index contributed by atoms with van der Waals surface area (Å²) in [5.41, 5.74) is -0.460. The molecule has 0 saturated heterocycles. The van der Waals surface area contributed by atoms with Crippen molar-refractivity contribution in [1.82, 2.24) is 0 Å². The molecule has 0 aromatic rings. The third kappa shape index (κ3) is 11.0. The topological polar surface area (TPSA) is 93.1 Å². The van der Waals surface area contributed by atoms with Gasteiger partial charge in [0.25, 0.3) is 0 Å². The highest BCUT2D eigenvalue weighted by Gasteiger charge is 2.44. The lowest BCUT2D eigenvalue weighted by atomic mass is 9.62. The smallest absolute Gasteiger partial charge is 0.335 e. The predicted octanol–water partition coefficient (Wildman–Crippen LogP) is 7.32. The number of aliphatic hydroxyl groups excluding tert-OH is 2. The SMILES string of the molecule is C=C(CO)C(=O)OCC(CCCC)(COC(=O)C(=C)CO)C1CCC(C2CCC(CCCCCCC)CC2)CC1. The fraction of sp³-hybridized carbons (Fsp3) is 0.824. The molecule has 0 aromatic heterocycles. The van der Waals surface area contributed by atoms with E-state index in [1.165, 1.54) is 77.0 Å². The van der Waals surface area contributed by atoms with E-state index >= 15 is 0 Å².